The van der Waals surface area contributed by atoms with Crippen molar-refractivity contribution in [2.75, 3.05) is 0 Å². The average Bonchev–Trinajstić information content (AvgIpc) is 2.33. The SMILES string of the molecule is [c]1csc2ncncc12. The Kier molecular flexibility index (Phi) is 0.960. The lowest BCUT2D eigenvalue weighted by atomic mass is 10.4. The van der Waals surface area contributed by atoms with Gasteiger partial charge >= 0.3 is 0 Å². The van der Waals surface area contributed by atoms with Crippen molar-refractivity contribution in [3.05, 3.63) is 24.0 Å². The molecule has 0 atom stereocenters. The van der Waals surface area contributed by atoms with Crippen molar-refractivity contribution >= 4 is 21.6 Å². The van der Waals surface area contributed by atoms with Gasteiger partial charge in [0.15, 0.2) is 0 Å². The Bertz CT molecular complexity index is 285. The standard InChI is InChI=1S/C6H3N2S/c1-2-9-6-5(1)3-7-4-8-6/h2-4H. The number of hydrogen-bond acceptors (Lipinski definition) is 3. The van der Waals surface area contributed by atoms with Gasteiger partial charge in [-0.15, -0.1) is 11.3 Å². The third-order valence-corrected chi connectivity index (χ3v) is 1.84. The van der Waals surface area contributed by atoms with Crippen LogP contribution in [0.2, 0.25) is 0 Å². The van der Waals surface area contributed by atoms with Gasteiger partial charge in [-0.1, -0.05) is 0 Å². The summed E-state index contributed by atoms with van der Waals surface area (Å²) in [6.07, 6.45) is 3.31. The largest absolute Gasteiger partial charge is 0.244 e. The highest BCUT2D eigenvalue weighted by Gasteiger charge is 1.91. The molecule has 0 unspecified atom stereocenters. The second-order valence-corrected chi connectivity index (χ2v) is 2.48. The molecule has 0 N–H and O–H groups in total. The van der Waals surface area contributed by atoms with Gasteiger partial charge in [-0.3, -0.25) is 0 Å². The topological polar surface area (TPSA) is 25.8 Å². The van der Waals surface area contributed by atoms with Crippen molar-refractivity contribution < 1.29 is 0 Å². The van der Waals surface area contributed by atoms with E-state index >= 15 is 0 Å². The fourth-order valence-electron chi connectivity index (χ4n) is 0.660. The van der Waals surface area contributed by atoms with Crippen LogP contribution in [0.5, 0.6) is 0 Å². The third kappa shape index (κ3) is 0.695. The zero-order valence-electron chi connectivity index (χ0n) is 4.53. The van der Waals surface area contributed by atoms with E-state index in [1.165, 1.54) is 0 Å². The first-order chi connectivity index (χ1) is 4.47. The van der Waals surface area contributed by atoms with Gasteiger partial charge in [0.05, 0.1) is 0 Å². The Morgan fingerprint density at radius 3 is 3.44 bits per heavy atom. The summed E-state index contributed by atoms with van der Waals surface area (Å²) in [6, 6.07) is 3.01. The number of thiophene rings is 1. The first kappa shape index (κ1) is 4.88. The number of rotatable bonds is 0. The molecule has 0 fully saturated rings. The predicted octanol–water partition coefficient (Wildman–Crippen LogP) is 1.49. The Morgan fingerprint density at radius 1 is 1.56 bits per heavy atom. The van der Waals surface area contributed by atoms with Gasteiger partial charge in [0.1, 0.15) is 11.2 Å². The number of nitrogens with zero attached hydrogens (tertiary/aromatic N) is 2. The highest BCUT2D eigenvalue weighted by molar-refractivity contribution is 7.16. The van der Waals surface area contributed by atoms with Gasteiger partial charge < -0.3 is 0 Å². The molecule has 9 heavy (non-hydrogen) atoms. The van der Waals surface area contributed by atoms with E-state index in [0.29, 0.717) is 0 Å². The van der Waals surface area contributed by atoms with Gasteiger partial charge in [0.2, 0.25) is 0 Å². The highest BCUT2D eigenvalue weighted by atomic mass is 32.1. The lowest BCUT2D eigenvalue weighted by Crippen LogP contribution is -1.71. The summed E-state index contributed by atoms with van der Waals surface area (Å²) < 4.78 is 0. The number of aromatic nitrogens is 2. The van der Waals surface area contributed by atoms with Crippen LogP contribution in [0, 0.1) is 6.07 Å². The maximum atomic E-state index is 4.02. The molecule has 0 bridgehead atoms. The van der Waals surface area contributed by atoms with Gasteiger partial charge in [0, 0.05) is 23.0 Å². The molecule has 0 saturated heterocycles. The van der Waals surface area contributed by atoms with E-state index in [0.717, 1.165) is 10.2 Å². The predicted molar refractivity (Wildman–Crippen MR) is 36.3 cm³/mol. The molecule has 0 aromatic carbocycles. The fourth-order valence-corrected chi connectivity index (χ4v) is 1.30. The van der Waals surface area contributed by atoms with E-state index in [1.807, 2.05) is 5.38 Å². The molecule has 2 rings (SSSR count). The van der Waals surface area contributed by atoms with E-state index in [4.69, 9.17) is 0 Å². The molecule has 0 aliphatic heterocycles. The summed E-state index contributed by atoms with van der Waals surface area (Å²) in [7, 11) is 0. The molecule has 0 aliphatic carbocycles. The molecule has 0 aliphatic rings. The van der Waals surface area contributed by atoms with Crippen molar-refractivity contribution in [3.8, 4) is 0 Å². The molecule has 43 valence electrons. The monoisotopic (exact) mass is 135 g/mol. The number of fused-ring (bicyclic) bond motifs is 1. The summed E-state index contributed by atoms with van der Waals surface area (Å²) in [6.45, 7) is 0. The maximum Gasteiger partial charge on any atom is 0.127 e. The van der Waals surface area contributed by atoms with Gasteiger partial charge in [-0.2, -0.15) is 0 Å². The molecule has 2 aromatic rings. The van der Waals surface area contributed by atoms with E-state index in [9.17, 15) is 0 Å². The summed E-state index contributed by atoms with van der Waals surface area (Å²) in [4.78, 5) is 8.87. The molecule has 2 aromatic heterocycles. The van der Waals surface area contributed by atoms with Crippen molar-refractivity contribution in [3.63, 3.8) is 0 Å². The zero-order valence-corrected chi connectivity index (χ0v) is 5.35. The van der Waals surface area contributed by atoms with Crippen LogP contribution in [0.15, 0.2) is 17.9 Å². The minimum absolute atomic E-state index is 1.00. The highest BCUT2D eigenvalue weighted by Crippen LogP contribution is 2.14. The van der Waals surface area contributed by atoms with Crippen LogP contribution in [-0.4, -0.2) is 9.97 Å². The lowest BCUT2D eigenvalue weighted by Gasteiger charge is -1.80. The van der Waals surface area contributed by atoms with Gasteiger partial charge in [-0.25, -0.2) is 9.97 Å². The van der Waals surface area contributed by atoms with Crippen molar-refractivity contribution in [2.24, 2.45) is 0 Å². The minimum atomic E-state index is 1.00. The van der Waals surface area contributed by atoms with Crippen LogP contribution in [-0.2, 0) is 0 Å². The molecule has 0 amide bonds. The Balaban J connectivity index is 2.95. The summed E-state index contributed by atoms with van der Waals surface area (Å²) in [5, 5.41) is 2.89. The van der Waals surface area contributed by atoms with E-state index in [1.54, 1.807) is 23.9 Å². The summed E-state index contributed by atoms with van der Waals surface area (Å²) in [5.74, 6) is 0. The van der Waals surface area contributed by atoms with Gasteiger partial charge in [0.25, 0.3) is 0 Å². The van der Waals surface area contributed by atoms with Crippen LogP contribution < -0.4 is 0 Å². The average molecular weight is 135 g/mol. The van der Waals surface area contributed by atoms with Crippen molar-refractivity contribution in [2.45, 2.75) is 0 Å². The van der Waals surface area contributed by atoms with Crippen LogP contribution >= 0.6 is 11.3 Å². The molecule has 0 saturated carbocycles. The first-order valence-electron chi connectivity index (χ1n) is 2.52. The quantitative estimate of drug-likeness (QED) is 0.547. The molecular formula is C6H3N2S. The van der Waals surface area contributed by atoms with Crippen LogP contribution in [0.3, 0.4) is 0 Å². The Labute approximate surface area is 56.2 Å². The Hall–Kier alpha value is -0.960. The second kappa shape index (κ2) is 1.77. The molecule has 0 spiro atoms. The molecular weight excluding hydrogens is 132 g/mol. The minimum Gasteiger partial charge on any atom is -0.244 e. The molecule has 3 heteroatoms. The number of hydrogen-bond donors (Lipinski definition) is 0. The van der Waals surface area contributed by atoms with Crippen LogP contribution in [0.1, 0.15) is 0 Å². The third-order valence-electron chi connectivity index (χ3n) is 1.06. The van der Waals surface area contributed by atoms with E-state index in [-0.39, 0.29) is 0 Å². The van der Waals surface area contributed by atoms with Crippen molar-refractivity contribution in [1.29, 1.82) is 0 Å². The Morgan fingerprint density at radius 2 is 2.56 bits per heavy atom. The summed E-state index contributed by atoms with van der Waals surface area (Å²) in [5.41, 5.74) is 0. The van der Waals surface area contributed by atoms with Gasteiger partial charge in [-0.05, 0) is 0 Å². The first-order valence-corrected chi connectivity index (χ1v) is 3.40. The molecule has 2 nitrogen and oxygen atoms in total. The molecule has 1 radical (unpaired) electrons. The summed E-state index contributed by atoms with van der Waals surface area (Å²) >= 11 is 1.58. The fraction of sp³-hybridized carbons (Fsp3) is 0. The normalized spacial score (nSPS) is 10.2. The van der Waals surface area contributed by atoms with Crippen LogP contribution in [0.4, 0.5) is 0 Å². The zero-order chi connectivity index (χ0) is 6.10. The smallest absolute Gasteiger partial charge is 0.127 e. The maximum absolute atomic E-state index is 4.02. The second-order valence-electron chi connectivity index (χ2n) is 1.62. The van der Waals surface area contributed by atoms with Crippen molar-refractivity contribution in [1.82, 2.24) is 9.97 Å². The van der Waals surface area contributed by atoms with E-state index in [2.05, 4.69) is 16.0 Å². The van der Waals surface area contributed by atoms with E-state index < -0.39 is 0 Å². The van der Waals surface area contributed by atoms with Crippen LogP contribution in [0.25, 0.3) is 10.2 Å². The molecule has 2 heterocycles. The lowest BCUT2D eigenvalue weighted by molar-refractivity contribution is 1.23.